The number of hydrogen-bond acceptors (Lipinski definition) is 6. The second-order valence-electron chi connectivity index (χ2n) is 8.73. The first-order chi connectivity index (χ1) is 17.5. The van der Waals surface area contributed by atoms with Gasteiger partial charge < -0.3 is 0 Å². The summed E-state index contributed by atoms with van der Waals surface area (Å²) >= 11 is 0. The second kappa shape index (κ2) is 17.8. The summed E-state index contributed by atoms with van der Waals surface area (Å²) in [6.45, 7) is 42.9. The first-order valence-corrected chi connectivity index (χ1v) is 12.5. The standard InChI is InChI=1S/C30H48N6/c1-10-19-31(20-11-2)28(16-7)34-25-35(29(17-8)32(21-12-3)22-13-4)27-36(26-34)30(18-9)33(23-14-5)24-15-6/h10-18,28-30H,1-9,19-27H2. The predicted molar refractivity (Wildman–Crippen MR) is 158 cm³/mol. The maximum absolute atomic E-state index is 4.19. The highest BCUT2D eigenvalue weighted by atomic mass is 15.6. The normalized spacial score (nSPS) is 17.8. The summed E-state index contributed by atoms with van der Waals surface area (Å²) < 4.78 is 0. The van der Waals surface area contributed by atoms with Gasteiger partial charge in [0.15, 0.2) is 0 Å². The van der Waals surface area contributed by atoms with Crippen molar-refractivity contribution in [2.75, 3.05) is 59.3 Å². The number of hydrogen-bond donors (Lipinski definition) is 0. The van der Waals surface area contributed by atoms with E-state index in [4.69, 9.17) is 0 Å². The zero-order chi connectivity index (χ0) is 26.9. The molecular formula is C30H48N6. The Morgan fingerprint density at radius 3 is 0.750 bits per heavy atom. The van der Waals surface area contributed by atoms with Crippen LogP contribution in [0.5, 0.6) is 0 Å². The van der Waals surface area contributed by atoms with Crippen molar-refractivity contribution in [1.29, 1.82) is 0 Å². The van der Waals surface area contributed by atoms with Crippen LogP contribution in [0.3, 0.4) is 0 Å². The molecule has 1 aliphatic rings. The average molecular weight is 493 g/mol. The van der Waals surface area contributed by atoms with Crippen LogP contribution in [0.2, 0.25) is 0 Å². The smallest absolute Gasteiger partial charge is 0.0838 e. The van der Waals surface area contributed by atoms with Crippen molar-refractivity contribution in [3.63, 3.8) is 0 Å². The van der Waals surface area contributed by atoms with Crippen LogP contribution >= 0.6 is 0 Å². The van der Waals surface area contributed by atoms with E-state index in [2.05, 4.69) is 88.6 Å². The minimum absolute atomic E-state index is 0.0123. The van der Waals surface area contributed by atoms with Crippen LogP contribution in [-0.2, 0) is 0 Å². The van der Waals surface area contributed by atoms with Crippen molar-refractivity contribution in [2.24, 2.45) is 0 Å². The Hall–Kier alpha value is -2.58. The van der Waals surface area contributed by atoms with Crippen molar-refractivity contribution in [2.45, 2.75) is 18.5 Å². The third-order valence-electron chi connectivity index (χ3n) is 6.15. The molecule has 3 unspecified atom stereocenters. The van der Waals surface area contributed by atoms with Gasteiger partial charge in [0.2, 0.25) is 0 Å². The van der Waals surface area contributed by atoms with Crippen LogP contribution in [-0.4, -0.2) is 107 Å². The van der Waals surface area contributed by atoms with Gasteiger partial charge in [-0.15, -0.1) is 59.2 Å². The molecule has 1 rings (SSSR count). The molecule has 1 saturated heterocycles. The van der Waals surface area contributed by atoms with Gasteiger partial charge >= 0.3 is 0 Å². The summed E-state index contributed by atoms with van der Waals surface area (Å²) in [5.74, 6) is 0. The van der Waals surface area contributed by atoms with Gasteiger partial charge in [-0.05, 0) is 0 Å². The maximum atomic E-state index is 4.19. The largest absolute Gasteiger partial charge is 0.277 e. The minimum Gasteiger partial charge on any atom is -0.277 e. The maximum Gasteiger partial charge on any atom is 0.0838 e. The van der Waals surface area contributed by atoms with Gasteiger partial charge in [0.05, 0.1) is 38.5 Å². The molecule has 0 spiro atoms. The van der Waals surface area contributed by atoms with Gasteiger partial charge in [0, 0.05) is 39.3 Å². The first kappa shape index (κ1) is 31.4. The monoisotopic (exact) mass is 492 g/mol. The van der Waals surface area contributed by atoms with Gasteiger partial charge in [0.25, 0.3) is 0 Å². The lowest BCUT2D eigenvalue weighted by molar-refractivity contribution is -0.125. The second-order valence-corrected chi connectivity index (χ2v) is 8.73. The van der Waals surface area contributed by atoms with Crippen LogP contribution in [0, 0.1) is 0 Å². The molecule has 0 aromatic heterocycles. The average Bonchev–Trinajstić information content (AvgIpc) is 2.86. The van der Waals surface area contributed by atoms with Gasteiger partial charge in [-0.25, -0.2) is 0 Å². The fraction of sp³-hybridized carbons (Fsp3) is 0.400. The summed E-state index contributed by atoms with van der Waals surface area (Å²) in [5.41, 5.74) is 0. The third-order valence-corrected chi connectivity index (χ3v) is 6.15. The minimum atomic E-state index is -0.0123. The molecule has 0 bridgehead atoms. The fourth-order valence-electron chi connectivity index (χ4n) is 4.79. The van der Waals surface area contributed by atoms with E-state index >= 15 is 0 Å². The van der Waals surface area contributed by atoms with Crippen molar-refractivity contribution in [3.8, 4) is 0 Å². The van der Waals surface area contributed by atoms with Crippen LogP contribution in [0.15, 0.2) is 114 Å². The molecule has 1 heterocycles. The molecule has 6 nitrogen and oxygen atoms in total. The molecule has 0 amide bonds. The summed E-state index contributed by atoms with van der Waals surface area (Å²) in [6, 6.07) is 0. The molecule has 3 atom stereocenters. The van der Waals surface area contributed by atoms with Crippen molar-refractivity contribution in [3.05, 3.63) is 114 Å². The lowest BCUT2D eigenvalue weighted by Crippen LogP contribution is -2.67. The van der Waals surface area contributed by atoms with E-state index in [0.717, 1.165) is 59.3 Å². The highest BCUT2D eigenvalue weighted by Gasteiger charge is 2.36. The lowest BCUT2D eigenvalue weighted by atomic mass is 10.2. The molecule has 6 heteroatoms. The number of nitrogens with zero attached hydrogens (tertiary/aromatic N) is 6. The molecule has 198 valence electrons. The molecule has 0 aromatic rings. The Kier molecular flexibility index (Phi) is 15.5. The van der Waals surface area contributed by atoms with Gasteiger partial charge in [-0.3, -0.25) is 29.4 Å². The van der Waals surface area contributed by atoms with Crippen molar-refractivity contribution >= 4 is 0 Å². The molecular weight excluding hydrogens is 444 g/mol. The highest BCUT2D eigenvalue weighted by molar-refractivity contribution is 5.00. The Labute approximate surface area is 221 Å². The molecule has 1 fully saturated rings. The van der Waals surface area contributed by atoms with Gasteiger partial charge in [-0.2, -0.15) is 0 Å². The van der Waals surface area contributed by atoms with Crippen LogP contribution < -0.4 is 0 Å². The molecule has 1 aliphatic heterocycles. The van der Waals surface area contributed by atoms with Crippen molar-refractivity contribution in [1.82, 2.24) is 29.4 Å². The molecule has 0 saturated carbocycles. The third kappa shape index (κ3) is 8.82. The quantitative estimate of drug-likeness (QED) is 0.221. The summed E-state index contributed by atoms with van der Waals surface area (Å²) in [7, 11) is 0. The lowest BCUT2D eigenvalue weighted by Gasteiger charge is -2.52. The van der Waals surface area contributed by atoms with Gasteiger partial charge in [0.1, 0.15) is 0 Å². The van der Waals surface area contributed by atoms with E-state index < -0.39 is 0 Å². The first-order valence-electron chi connectivity index (χ1n) is 12.5. The Balaban J connectivity index is 3.49. The summed E-state index contributed by atoms with van der Waals surface area (Å²) in [6.07, 6.45) is 17.5. The van der Waals surface area contributed by atoms with Crippen LogP contribution in [0.4, 0.5) is 0 Å². The molecule has 36 heavy (non-hydrogen) atoms. The zero-order valence-corrected chi connectivity index (χ0v) is 22.3. The molecule has 0 N–H and O–H groups in total. The SMILES string of the molecule is C=CCN(CC=C)C(C=C)N1CN(C(C=C)N(CC=C)CC=C)CN(C(C=C)N(CC=C)CC=C)C1. The van der Waals surface area contributed by atoms with Crippen LogP contribution in [0.1, 0.15) is 0 Å². The van der Waals surface area contributed by atoms with E-state index in [0.29, 0.717) is 0 Å². The topological polar surface area (TPSA) is 19.4 Å². The summed E-state index contributed by atoms with van der Waals surface area (Å²) in [4.78, 5) is 14.1. The van der Waals surface area contributed by atoms with Crippen molar-refractivity contribution < 1.29 is 0 Å². The van der Waals surface area contributed by atoms with E-state index in [9.17, 15) is 0 Å². The predicted octanol–water partition coefficient (Wildman–Crippen LogP) is 4.34. The molecule has 0 radical (unpaired) electrons. The molecule has 0 aliphatic carbocycles. The Morgan fingerprint density at radius 1 is 0.417 bits per heavy atom. The Bertz CT molecular complexity index is 623. The zero-order valence-electron chi connectivity index (χ0n) is 22.3. The highest BCUT2D eigenvalue weighted by Crippen LogP contribution is 2.22. The fourth-order valence-corrected chi connectivity index (χ4v) is 4.79. The molecule has 0 aromatic carbocycles. The van der Waals surface area contributed by atoms with E-state index in [1.165, 1.54) is 0 Å². The Morgan fingerprint density at radius 2 is 0.611 bits per heavy atom. The van der Waals surface area contributed by atoms with E-state index in [1.54, 1.807) is 0 Å². The summed E-state index contributed by atoms with van der Waals surface area (Å²) in [5, 5.41) is 0. The van der Waals surface area contributed by atoms with Gasteiger partial charge in [-0.1, -0.05) is 54.7 Å². The van der Waals surface area contributed by atoms with E-state index in [1.807, 2.05) is 54.7 Å². The number of rotatable bonds is 21. The van der Waals surface area contributed by atoms with E-state index in [-0.39, 0.29) is 18.5 Å². The van der Waals surface area contributed by atoms with Crippen LogP contribution in [0.25, 0.3) is 0 Å².